The number of benzene rings is 1. The maximum absolute atomic E-state index is 13.5. The van der Waals surface area contributed by atoms with Gasteiger partial charge < -0.3 is 15.0 Å². The lowest BCUT2D eigenvalue weighted by atomic mass is 9.78. The van der Waals surface area contributed by atoms with Crippen LogP contribution in [0.2, 0.25) is 0 Å². The van der Waals surface area contributed by atoms with Crippen LogP contribution in [0.25, 0.3) is 16.9 Å². The molecule has 0 fully saturated rings. The van der Waals surface area contributed by atoms with Crippen LogP contribution >= 0.6 is 0 Å². The molecule has 1 aromatic carbocycles. The summed E-state index contributed by atoms with van der Waals surface area (Å²) in [4.78, 5) is 44.2. The van der Waals surface area contributed by atoms with Gasteiger partial charge >= 0.3 is 0 Å². The second kappa shape index (κ2) is 9.02. The topological polar surface area (TPSA) is 110 Å². The van der Waals surface area contributed by atoms with Gasteiger partial charge in [0, 0.05) is 36.9 Å². The second-order valence-corrected chi connectivity index (χ2v) is 11.3. The first-order valence-electron chi connectivity index (χ1n) is 13.5. The van der Waals surface area contributed by atoms with Gasteiger partial charge in [0.05, 0.1) is 6.54 Å². The van der Waals surface area contributed by atoms with Gasteiger partial charge in [-0.3, -0.25) is 14.5 Å². The number of nitrogens with one attached hydrogen (secondary N) is 1. The predicted octanol–water partition coefficient (Wildman–Crippen LogP) is 3.13. The van der Waals surface area contributed by atoms with Crippen molar-refractivity contribution in [2.75, 3.05) is 37.0 Å². The Morgan fingerprint density at radius 1 is 1.07 bits per heavy atom. The maximum Gasteiger partial charge on any atom is 0.278 e. The predicted molar refractivity (Wildman–Crippen MR) is 152 cm³/mol. The molecular weight excluding hydrogens is 508 g/mol. The summed E-state index contributed by atoms with van der Waals surface area (Å²) in [6.07, 6.45) is 6.09. The number of carbonyl (C=O) groups excluding carboxylic acids is 1. The molecule has 204 valence electrons. The van der Waals surface area contributed by atoms with E-state index in [9.17, 15) is 9.59 Å². The summed E-state index contributed by atoms with van der Waals surface area (Å²) in [5, 5.41) is 3.73. The van der Waals surface area contributed by atoms with Gasteiger partial charge in [0.15, 0.2) is 29.6 Å². The molecule has 40 heavy (non-hydrogen) atoms. The molecule has 0 spiro atoms. The third-order valence-corrected chi connectivity index (χ3v) is 7.79. The molecule has 0 atom stereocenters. The zero-order valence-corrected chi connectivity index (χ0v) is 22.7. The first-order chi connectivity index (χ1) is 19.3. The number of anilines is 3. The first kappa shape index (κ1) is 24.5. The number of pyridine rings is 1. The Labute approximate surface area is 230 Å². The minimum absolute atomic E-state index is 0.0108. The molecule has 0 saturated carbocycles. The van der Waals surface area contributed by atoms with Crippen LogP contribution in [0.15, 0.2) is 53.5 Å². The van der Waals surface area contributed by atoms with Gasteiger partial charge in [-0.1, -0.05) is 32.1 Å². The van der Waals surface area contributed by atoms with Crippen LogP contribution in [0, 0.1) is 0 Å². The maximum atomic E-state index is 13.5. The number of hydrogen-bond donors (Lipinski definition) is 1. The third kappa shape index (κ3) is 3.96. The van der Waals surface area contributed by atoms with Crippen molar-refractivity contribution in [2.24, 2.45) is 0 Å². The lowest BCUT2D eigenvalue weighted by molar-refractivity contribution is -0.121. The van der Waals surface area contributed by atoms with E-state index < -0.39 is 0 Å². The lowest BCUT2D eigenvalue weighted by Gasteiger charge is -2.38. The van der Waals surface area contributed by atoms with Gasteiger partial charge in [-0.25, -0.2) is 19.3 Å². The normalized spacial score (nSPS) is 18.9. The van der Waals surface area contributed by atoms with Crippen LogP contribution in [0.5, 0.6) is 5.75 Å². The standard InChI is InChI=1S/C29H30N8O3/c1-29(2)17-34(3)15-18-7-8-19(13-21(18)29)31-28-30-14-20-25(33-28)37-23-10-9-22-26(32-23)35(24(38)16-40-22)11-5-4-6-12-36(37)27(20)39/h4,6-10,13-14H,5,11-12,15-17H2,1-3H3,(H,30,31,33)/b6-4+. The van der Waals surface area contributed by atoms with E-state index in [1.54, 1.807) is 32.6 Å². The van der Waals surface area contributed by atoms with E-state index in [1.165, 1.54) is 11.1 Å². The summed E-state index contributed by atoms with van der Waals surface area (Å²) in [6.45, 7) is 7.19. The Morgan fingerprint density at radius 3 is 2.83 bits per heavy atom. The summed E-state index contributed by atoms with van der Waals surface area (Å²) in [5.74, 6) is 1.68. The number of nitrogens with zero attached hydrogens (tertiary/aromatic N) is 7. The van der Waals surface area contributed by atoms with E-state index in [-0.39, 0.29) is 23.5 Å². The zero-order valence-electron chi connectivity index (χ0n) is 22.7. The Balaban J connectivity index is 1.34. The highest BCUT2D eigenvalue weighted by Crippen LogP contribution is 2.35. The van der Waals surface area contributed by atoms with Gasteiger partial charge in [-0.05, 0) is 48.9 Å². The molecule has 11 nitrogen and oxygen atoms in total. The van der Waals surface area contributed by atoms with Crippen molar-refractivity contribution < 1.29 is 9.53 Å². The molecule has 1 amide bonds. The molecule has 4 aromatic rings. The Morgan fingerprint density at radius 2 is 1.95 bits per heavy atom. The monoisotopic (exact) mass is 538 g/mol. The number of rotatable bonds is 2. The van der Waals surface area contributed by atoms with Gasteiger partial charge in [0.2, 0.25) is 5.95 Å². The van der Waals surface area contributed by atoms with E-state index in [2.05, 4.69) is 48.2 Å². The minimum Gasteiger partial charge on any atom is -0.480 e. The molecule has 7 rings (SSSR count). The molecule has 3 aliphatic rings. The van der Waals surface area contributed by atoms with Crippen molar-refractivity contribution >= 4 is 34.4 Å². The average molecular weight is 539 g/mol. The molecule has 0 radical (unpaired) electrons. The van der Waals surface area contributed by atoms with Crippen LogP contribution in [0.4, 0.5) is 17.5 Å². The van der Waals surface area contributed by atoms with E-state index in [0.717, 1.165) is 18.8 Å². The van der Waals surface area contributed by atoms with E-state index >= 15 is 0 Å². The molecule has 3 aliphatic heterocycles. The number of ether oxygens (including phenoxy) is 1. The number of likely N-dealkylation sites (N-methyl/N-ethyl adjacent to an activating group) is 1. The van der Waals surface area contributed by atoms with Crippen LogP contribution < -0.4 is 20.5 Å². The molecule has 11 heteroatoms. The van der Waals surface area contributed by atoms with Crippen LogP contribution in [-0.2, 0) is 23.3 Å². The number of hydrogen-bond acceptors (Lipinski definition) is 8. The fraction of sp³-hybridized carbons (Fsp3) is 0.345. The molecule has 2 bridgehead atoms. The van der Waals surface area contributed by atoms with Crippen molar-refractivity contribution in [3.05, 3.63) is 70.2 Å². The van der Waals surface area contributed by atoms with Gasteiger partial charge in [-0.15, -0.1) is 0 Å². The van der Waals surface area contributed by atoms with Crippen LogP contribution in [0.1, 0.15) is 31.4 Å². The lowest BCUT2D eigenvalue weighted by Crippen LogP contribution is -2.40. The highest BCUT2D eigenvalue weighted by molar-refractivity contribution is 5.96. The number of carbonyl (C=O) groups is 1. The molecule has 0 unspecified atom stereocenters. The van der Waals surface area contributed by atoms with Crippen molar-refractivity contribution in [1.29, 1.82) is 0 Å². The summed E-state index contributed by atoms with van der Waals surface area (Å²) >= 11 is 0. The average Bonchev–Trinajstić information content (AvgIpc) is 3.18. The van der Waals surface area contributed by atoms with E-state index in [1.807, 2.05) is 18.2 Å². The van der Waals surface area contributed by atoms with E-state index in [0.29, 0.717) is 53.9 Å². The molecule has 6 heterocycles. The second-order valence-electron chi connectivity index (χ2n) is 11.3. The quantitative estimate of drug-likeness (QED) is 0.388. The van der Waals surface area contributed by atoms with Crippen molar-refractivity contribution in [2.45, 2.75) is 38.8 Å². The van der Waals surface area contributed by atoms with Crippen LogP contribution in [0.3, 0.4) is 0 Å². The largest absolute Gasteiger partial charge is 0.480 e. The van der Waals surface area contributed by atoms with Crippen molar-refractivity contribution in [3.63, 3.8) is 0 Å². The molecular formula is C29H30N8O3. The van der Waals surface area contributed by atoms with Gasteiger partial charge in [-0.2, -0.15) is 4.98 Å². The van der Waals surface area contributed by atoms with Crippen molar-refractivity contribution in [1.82, 2.24) is 29.2 Å². The van der Waals surface area contributed by atoms with Gasteiger partial charge in [0.25, 0.3) is 11.5 Å². The number of amides is 1. The highest BCUT2D eigenvalue weighted by Gasteiger charge is 2.31. The van der Waals surface area contributed by atoms with E-state index in [4.69, 9.17) is 14.7 Å². The fourth-order valence-electron chi connectivity index (χ4n) is 6.06. The fourth-order valence-corrected chi connectivity index (χ4v) is 6.06. The summed E-state index contributed by atoms with van der Waals surface area (Å²) in [5.41, 5.74) is 3.72. The molecule has 0 aliphatic carbocycles. The molecule has 1 N–H and O–H groups in total. The molecule has 3 aromatic heterocycles. The van der Waals surface area contributed by atoms with Crippen LogP contribution in [-0.4, -0.2) is 61.9 Å². The third-order valence-electron chi connectivity index (χ3n) is 7.79. The summed E-state index contributed by atoms with van der Waals surface area (Å²) in [6, 6.07) is 9.93. The Hall–Kier alpha value is -4.51. The smallest absolute Gasteiger partial charge is 0.278 e. The SMILES string of the molecule is CN1Cc2ccc(Nc3ncc4c(=O)n5n(c4n3)-c3ccc4c(n3)N(CC/C=C/C5)C(=O)CO4)cc2C(C)(C)C1. The number of fused-ring (bicyclic) bond motifs is 6. The minimum atomic E-state index is -0.214. The summed E-state index contributed by atoms with van der Waals surface area (Å²) in [7, 11) is 2.14. The van der Waals surface area contributed by atoms with Crippen molar-refractivity contribution in [3.8, 4) is 11.6 Å². The zero-order chi connectivity index (χ0) is 27.6. The Kier molecular flexibility index (Phi) is 5.53. The number of allylic oxidation sites excluding steroid dienone is 1. The Bertz CT molecular complexity index is 1770. The molecule has 0 saturated heterocycles. The first-order valence-corrected chi connectivity index (χ1v) is 13.5. The van der Waals surface area contributed by atoms with Gasteiger partial charge in [0.1, 0.15) is 5.39 Å². The highest BCUT2D eigenvalue weighted by atomic mass is 16.5. The number of aromatic nitrogens is 5. The summed E-state index contributed by atoms with van der Waals surface area (Å²) < 4.78 is 8.92.